The van der Waals surface area contributed by atoms with E-state index in [4.69, 9.17) is 19.9 Å². The zero-order valence-corrected chi connectivity index (χ0v) is 67.9. The lowest BCUT2D eigenvalue weighted by molar-refractivity contribution is 1.17. The number of nitrogens with zero attached hydrogens (tertiary/aromatic N) is 12. The fraction of sp³-hybridized carbons (Fsp3) is 0. The van der Waals surface area contributed by atoms with Gasteiger partial charge in [-0.15, -0.1) is 0 Å². The number of para-hydroxylation sites is 9. The van der Waals surface area contributed by atoms with Gasteiger partial charge in [0.2, 0.25) is 0 Å². The molecule has 0 atom stereocenters. The van der Waals surface area contributed by atoms with Gasteiger partial charge in [0, 0.05) is 153 Å². The smallest absolute Gasteiger partial charge is 0.0963 e. The van der Waals surface area contributed by atoms with Gasteiger partial charge in [-0.3, -0.25) is 29.9 Å². The Morgan fingerprint density at radius 1 is 0.151 bits per heavy atom. The zero-order valence-electron chi connectivity index (χ0n) is 67.9. The molecule has 0 unspecified atom stereocenters. The number of hydrogen-bond acceptors (Lipinski definition) is 6. The van der Waals surface area contributed by atoms with E-state index in [0.717, 1.165) is 127 Å². The van der Waals surface area contributed by atoms with E-state index in [1.165, 1.54) is 104 Å². The lowest BCUT2D eigenvalue weighted by atomic mass is 10.0. The fourth-order valence-electron chi connectivity index (χ4n) is 19.6. The van der Waals surface area contributed by atoms with Crippen molar-refractivity contribution < 1.29 is 0 Å². The van der Waals surface area contributed by atoms with Gasteiger partial charge in [0.1, 0.15) is 0 Å². The molecule has 27 rings (SSSR count). The van der Waals surface area contributed by atoms with Gasteiger partial charge in [-0.05, 0) is 221 Å². The molecule has 12 heteroatoms. The summed E-state index contributed by atoms with van der Waals surface area (Å²) < 4.78 is 14.1. The molecule has 0 aliphatic rings. The molecule has 0 amide bonds. The van der Waals surface area contributed by atoms with Crippen LogP contribution < -0.4 is 0 Å². The first-order valence-electron chi connectivity index (χ1n) is 42.5. The number of benzene rings is 15. The Balaban J connectivity index is 0.000000103. The van der Waals surface area contributed by atoms with Gasteiger partial charge >= 0.3 is 0 Å². The Bertz CT molecular complexity index is 8190. The molecular formula is C114H72N12. The Hall–Kier alpha value is -17.2. The molecule has 0 spiro atoms. The number of aromatic nitrogens is 12. The van der Waals surface area contributed by atoms with Crippen LogP contribution in [0.15, 0.2) is 438 Å². The molecule has 0 bridgehead atoms. The Labute approximate surface area is 721 Å². The summed E-state index contributed by atoms with van der Waals surface area (Å²) >= 11 is 0. The van der Waals surface area contributed by atoms with E-state index < -0.39 is 0 Å². The predicted molar refractivity (Wildman–Crippen MR) is 521 cm³/mol. The third kappa shape index (κ3) is 11.5. The number of fused-ring (bicyclic) bond motifs is 24. The molecule has 12 nitrogen and oxygen atoms in total. The highest BCUT2D eigenvalue weighted by Crippen LogP contribution is 2.45. The van der Waals surface area contributed by atoms with E-state index in [-0.39, 0.29) is 0 Å². The third-order valence-corrected chi connectivity index (χ3v) is 25.2. The minimum absolute atomic E-state index is 0.998. The van der Waals surface area contributed by atoms with Crippen molar-refractivity contribution in [1.29, 1.82) is 0 Å². The van der Waals surface area contributed by atoms with E-state index in [0.29, 0.717) is 0 Å². The molecule has 27 aromatic rings. The second-order valence-electron chi connectivity index (χ2n) is 32.2. The van der Waals surface area contributed by atoms with Crippen molar-refractivity contribution >= 4 is 164 Å². The van der Waals surface area contributed by atoms with Crippen LogP contribution in [0.4, 0.5) is 0 Å². The number of pyridine rings is 6. The van der Waals surface area contributed by atoms with Gasteiger partial charge in [-0.25, -0.2) is 0 Å². The van der Waals surface area contributed by atoms with Crippen molar-refractivity contribution in [2.45, 2.75) is 0 Å². The highest BCUT2D eigenvalue weighted by Gasteiger charge is 2.24. The van der Waals surface area contributed by atoms with Crippen molar-refractivity contribution in [2.24, 2.45) is 0 Å². The van der Waals surface area contributed by atoms with Gasteiger partial charge in [-0.1, -0.05) is 200 Å². The summed E-state index contributed by atoms with van der Waals surface area (Å²) in [5.74, 6) is 0. The fourth-order valence-corrected chi connectivity index (χ4v) is 19.6. The molecule has 12 heterocycles. The van der Waals surface area contributed by atoms with E-state index >= 15 is 0 Å². The minimum Gasteiger partial charge on any atom is -0.309 e. The van der Waals surface area contributed by atoms with Crippen molar-refractivity contribution in [1.82, 2.24) is 57.3 Å². The molecule has 12 aromatic heterocycles. The van der Waals surface area contributed by atoms with Crippen LogP contribution in [0.1, 0.15) is 0 Å². The maximum Gasteiger partial charge on any atom is 0.0963 e. The molecule has 0 saturated heterocycles. The lowest BCUT2D eigenvalue weighted by Gasteiger charge is -2.10. The molecule has 15 aromatic carbocycles. The van der Waals surface area contributed by atoms with Crippen LogP contribution in [0.2, 0.25) is 0 Å². The van der Waals surface area contributed by atoms with Gasteiger partial charge in [0.15, 0.2) is 0 Å². The first-order chi connectivity index (χ1) is 62.5. The van der Waals surface area contributed by atoms with Gasteiger partial charge in [0.25, 0.3) is 0 Å². The highest BCUT2D eigenvalue weighted by atomic mass is 15.0. The first kappa shape index (κ1) is 71.7. The molecule has 0 aliphatic carbocycles. The van der Waals surface area contributed by atoms with Crippen molar-refractivity contribution in [3.05, 3.63) is 438 Å². The van der Waals surface area contributed by atoms with E-state index in [1.54, 1.807) is 0 Å². The van der Waals surface area contributed by atoms with E-state index in [9.17, 15) is 0 Å². The molecule has 588 valence electrons. The maximum absolute atomic E-state index is 4.85. The summed E-state index contributed by atoms with van der Waals surface area (Å²) in [6, 6.07) is 138. The average molecular weight is 1610 g/mol. The Morgan fingerprint density at radius 2 is 0.437 bits per heavy atom. The monoisotopic (exact) mass is 1610 g/mol. The van der Waals surface area contributed by atoms with Gasteiger partial charge in [-0.2, -0.15) is 0 Å². The summed E-state index contributed by atoms with van der Waals surface area (Å²) in [5.41, 5.74) is 31.8. The first-order valence-corrected chi connectivity index (χ1v) is 42.5. The molecule has 0 N–H and O–H groups in total. The van der Waals surface area contributed by atoms with Crippen LogP contribution in [-0.2, 0) is 0 Å². The molecule has 0 fully saturated rings. The van der Waals surface area contributed by atoms with E-state index in [2.05, 4.69) is 420 Å². The van der Waals surface area contributed by atoms with Gasteiger partial charge < -0.3 is 27.4 Å². The lowest BCUT2D eigenvalue weighted by Crippen LogP contribution is -1.94. The van der Waals surface area contributed by atoms with Crippen LogP contribution in [0.3, 0.4) is 0 Å². The SMILES string of the molecule is c1ccc(-n2c3ccc(-c4ccc5c(c4)c4cnc6ccccc6c4n5-c4ccccc4)cc3c3ccncc32)cc1.c1ccc(-n2c3ccc(-c4ccc5c(c4)c4cnc6ccccc6c4n5-c4ccccc4)cc3c3ncccc32)cc1.c1ccc(-n2c3ccncc3c3cc(-c4ccc5c(c4)c4cnc6ccccc6c4n5-c4ccccc4)ccc32)cc1. The summed E-state index contributed by atoms with van der Waals surface area (Å²) in [5, 5.41) is 16.4. The topological polar surface area (TPSA) is 107 Å². The minimum atomic E-state index is 0.998. The molecule has 0 saturated carbocycles. The summed E-state index contributed by atoms with van der Waals surface area (Å²) in [6.07, 6.45) is 15.7. The Morgan fingerprint density at radius 3 is 0.825 bits per heavy atom. The van der Waals surface area contributed by atoms with Gasteiger partial charge in [0.05, 0.1) is 94.5 Å². The number of hydrogen-bond donors (Lipinski definition) is 0. The average Bonchev–Trinajstić information content (AvgIpc) is 1.57. The highest BCUT2D eigenvalue weighted by molar-refractivity contribution is 6.22. The number of rotatable bonds is 9. The summed E-state index contributed by atoms with van der Waals surface area (Å²) in [7, 11) is 0. The maximum atomic E-state index is 4.85. The second kappa shape index (κ2) is 29.3. The standard InChI is InChI=1S/3C38H24N4/c1-3-10-27(11-4-1)41-35-20-18-26(23-31(35)37-36(41)16-9-21-39-37)25-17-19-34-30(22-25)32-24-40-33-15-8-7-14-29(33)38(32)42(34)28-12-5-2-6-13-28;1-3-9-27(10-4-1)41-35-17-15-25(21-31(35)29-19-20-39-24-37(29)41)26-16-18-36-32(22-26)33-23-40-34-14-8-7-13-30(34)38(33)42(36)28-11-5-2-6-12-28;1-3-9-27(10-4-1)41-35-17-15-25(21-30(35)32-23-39-20-19-37(32)41)26-16-18-36-31(22-26)33-24-40-34-14-8-7-13-29(34)38(33)42(36)28-11-5-2-6-12-28/h3*1-24H. The second-order valence-corrected chi connectivity index (χ2v) is 32.2. The van der Waals surface area contributed by atoms with Crippen LogP contribution in [-0.4, -0.2) is 57.3 Å². The van der Waals surface area contributed by atoms with Crippen LogP contribution in [0, 0.1) is 0 Å². The molecular weight excluding hydrogens is 1540 g/mol. The predicted octanol–water partition coefficient (Wildman–Crippen LogP) is 28.5. The quantitative estimate of drug-likeness (QED) is 0.142. The zero-order chi connectivity index (χ0) is 82.9. The summed E-state index contributed by atoms with van der Waals surface area (Å²) in [4.78, 5) is 28.3. The molecule has 126 heavy (non-hydrogen) atoms. The largest absolute Gasteiger partial charge is 0.309 e. The summed E-state index contributed by atoms with van der Waals surface area (Å²) in [6.45, 7) is 0. The van der Waals surface area contributed by atoms with Crippen molar-refractivity contribution in [3.8, 4) is 67.5 Å². The third-order valence-electron chi connectivity index (χ3n) is 25.2. The van der Waals surface area contributed by atoms with Crippen LogP contribution >= 0.6 is 0 Å². The normalized spacial score (nSPS) is 11.8. The van der Waals surface area contributed by atoms with Crippen molar-refractivity contribution in [2.75, 3.05) is 0 Å². The van der Waals surface area contributed by atoms with E-state index in [1.807, 2.05) is 55.6 Å². The van der Waals surface area contributed by atoms with Crippen LogP contribution in [0.5, 0.6) is 0 Å². The Kier molecular flexibility index (Phi) is 16.7. The van der Waals surface area contributed by atoms with Crippen LogP contribution in [0.25, 0.3) is 231 Å². The molecule has 0 radical (unpaired) electrons. The van der Waals surface area contributed by atoms with Crippen molar-refractivity contribution in [3.63, 3.8) is 0 Å². The molecule has 0 aliphatic heterocycles.